The summed E-state index contributed by atoms with van der Waals surface area (Å²) in [4.78, 5) is 16.0. The minimum absolute atomic E-state index is 0.0195. The van der Waals surface area contributed by atoms with Crippen LogP contribution in [-0.4, -0.2) is 4.98 Å². The first-order valence-corrected chi connectivity index (χ1v) is 8.71. The average Bonchev–Trinajstić information content (AvgIpc) is 3.08. The maximum atomic E-state index is 12.8. The smallest absolute Gasteiger partial charge is 0.257 e. The predicted molar refractivity (Wildman–Crippen MR) is 103 cm³/mol. The molecule has 0 saturated carbocycles. The van der Waals surface area contributed by atoms with E-state index in [2.05, 4.69) is 34.6 Å². The third kappa shape index (κ3) is 1.85. The standard InChI is InChI=1S/C21H13NOS/c23-21-18-17(13-6-2-1-3-7-13)12-24-20(18)16-11-10-14-8-4-5-9-15(14)19(16)22-21/h1-12H,(H,22,23). The van der Waals surface area contributed by atoms with Crippen molar-refractivity contribution in [2.75, 3.05) is 0 Å². The van der Waals surface area contributed by atoms with Gasteiger partial charge in [-0.3, -0.25) is 4.79 Å². The molecule has 0 bridgehead atoms. The second-order valence-electron chi connectivity index (χ2n) is 5.88. The minimum atomic E-state index is -0.0195. The van der Waals surface area contributed by atoms with Crippen LogP contribution in [-0.2, 0) is 0 Å². The van der Waals surface area contributed by atoms with E-state index in [9.17, 15) is 4.79 Å². The van der Waals surface area contributed by atoms with Gasteiger partial charge < -0.3 is 4.98 Å². The number of rotatable bonds is 1. The molecule has 0 aliphatic heterocycles. The summed E-state index contributed by atoms with van der Waals surface area (Å²) >= 11 is 1.64. The summed E-state index contributed by atoms with van der Waals surface area (Å²) in [6.45, 7) is 0. The van der Waals surface area contributed by atoms with Gasteiger partial charge in [0, 0.05) is 26.4 Å². The molecule has 0 aliphatic rings. The lowest BCUT2D eigenvalue weighted by Gasteiger charge is -2.05. The van der Waals surface area contributed by atoms with Gasteiger partial charge in [0.15, 0.2) is 0 Å². The van der Waals surface area contributed by atoms with Gasteiger partial charge in [-0.05, 0) is 10.9 Å². The molecule has 3 heteroatoms. The number of aromatic amines is 1. The van der Waals surface area contributed by atoms with Crippen molar-refractivity contribution >= 4 is 43.1 Å². The molecule has 0 radical (unpaired) electrons. The van der Waals surface area contributed by atoms with Gasteiger partial charge in [-0.2, -0.15) is 0 Å². The summed E-state index contributed by atoms with van der Waals surface area (Å²) in [6.07, 6.45) is 0. The highest BCUT2D eigenvalue weighted by Gasteiger charge is 2.14. The van der Waals surface area contributed by atoms with E-state index in [1.807, 2.05) is 42.5 Å². The number of hydrogen-bond donors (Lipinski definition) is 1. The molecule has 0 fully saturated rings. The Kier molecular flexibility index (Phi) is 2.84. The number of pyridine rings is 1. The highest BCUT2D eigenvalue weighted by molar-refractivity contribution is 7.18. The van der Waals surface area contributed by atoms with Gasteiger partial charge in [-0.25, -0.2) is 0 Å². The van der Waals surface area contributed by atoms with Crippen molar-refractivity contribution in [2.24, 2.45) is 0 Å². The Bertz CT molecular complexity index is 1270. The third-order valence-electron chi connectivity index (χ3n) is 4.52. The highest BCUT2D eigenvalue weighted by atomic mass is 32.1. The van der Waals surface area contributed by atoms with E-state index in [1.54, 1.807) is 11.3 Å². The molecule has 0 amide bonds. The van der Waals surface area contributed by atoms with Crippen LogP contribution in [0.15, 0.2) is 76.9 Å². The fourth-order valence-corrected chi connectivity index (χ4v) is 4.49. The molecule has 1 N–H and O–H groups in total. The highest BCUT2D eigenvalue weighted by Crippen LogP contribution is 2.36. The molecule has 5 aromatic rings. The lowest BCUT2D eigenvalue weighted by molar-refractivity contribution is 1.36. The summed E-state index contributed by atoms with van der Waals surface area (Å²) in [6, 6.07) is 22.5. The molecule has 0 saturated heterocycles. The van der Waals surface area contributed by atoms with Crippen LogP contribution in [0.25, 0.3) is 42.9 Å². The first-order valence-electron chi connectivity index (χ1n) is 7.83. The lowest BCUT2D eigenvalue weighted by atomic mass is 10.0. The first kappa shape index (κ1) is 13.5. The summed E-state index contributed by atoms with van der Waals surface area (Å²) in [7, 11) is 0. The lowest BCUT2D eigenvalue weighted by Crippen LogP contribution is -2.06. The van der Waals surface area contributed by atoms with Crippen LogP contribution in [0.3, 0.4) is 0 Å². The third-order valence-corrected chi connectivity index (χ3v) is 5.53. The Balaban J connectivity index is 1.95. The summed E-state index contributed by atoms with van der Waals surface area (Å²) < 4.78 is 1.05. The van der Waals surface area contributed by atoms with E-state index < -0.39 is 0 Å². The molecular formula is C21H13NOS. The predicted octanol–water partition coefficient (Wildman–Crippen LogP) is 5.56. The number of nitrogens with one attached hydrogen (secondary N) is 1. The number of thiophene rings is 1. The Hall–Kier alpha value is -2.91. The Morgan fingerprint density at radius 2 is 1.58 bits per heavy atom. The Morgan fingerprint density at radius 3 is 2.46 bits per heavy atom. The maximum absolute atomic E-state index is 12.8. The molecule has 2 aromatic heterocycles. The SMILES string of the molecule is O=c1[nH]c2c3ccccc3ccc2c2scc(-c3ccccc3)c12. The monoisotopic (exact) mass is 327 g/mol. The second kappa shape index (κ2) is 5.05. The number of benzene rings is 3. The zero-order chi connectivity index (χ0) is 16.1. The van der Waals surface area contributed by atoms with Crippen molar-refractivity contribution in [1.82, 2.24) is 4.98 Å². The van der Waals surface area contributed by atoms with E-state index in [4.69, 9.17) is 0 Å². The van der Waals surface area contributed by atoms with Gasteiger partial charge in [-0.1, -0.05) is 66.7 Å². The summed E-state index contributed by atoms with van der Waals surface area (Å²) in [5.41, 5.74) is 2.99. The quantitative estimate of drug-likeness (QED) is 0.402. The van der Waals surface area contributed by atoms with Crippen molar-refractivity contribution in [3.05, 3.63) is 82.5 Å². The molecule has 114 valence electrons. The average molecular weight is 327 g/mol. The molecule has 0 spiro atoms. The van der Waals surface area contributed by atoms with Crippen LogP contribution in [0.2, 0.25) is 0 Å². The van der Waals surface area contributed by atoms with Gasteiger partial charge in [0.1, 0.15) is 0 Å². The van der Waals surface area contributed by atoms with E-state index in [0.29, 0.717) is 0 Å². The fraction of sp³-hybridized carbons (Fsp3) is 0. The fourth-order valence-electron chi connectivity index (χ4n) is 3.38. The van der Waals surface area contributed by atoms with Crippen molar-refractivity contribution in [1.29, 1.82) is 0 Å². The number of H-pyrrole nitrogens is 1. The molecule has 0 aliphatic carbocycles. The van der Waals surface area contributed by atoms with E-state index in [0.717, 1.165) is 42.9 Å². The van der Waals surface area contributed by atoms with Crippen LogP contribution < -0.4 is 5.56 Å². The van der Waals surface area contributed by atoms with Gasteiger partial charge in [0.25, 0.3) is 5.56 Å². The number of fused-ring (bicyclic) bond motifs is 5. The van der Waals surface area contributed by atoms with Crippen LogP contribution in [0, 0.1) is 0 Å². The number of hydrogen-bond acceptors (Lipinski definition) is 2. The molecule has 3 aromatic carbocycles. The minimum Gasteiger partial charge on any atom is -0.321 e. The van der Waals surface area contributed by atoms with Crippen LogP contribution >= 0.6 is 11.3 Å². The molecule has 2 nitrogen and oxygen atoms in total. The van der Waals surface area contributed by atoms with Crippen molar-refractivity contribution in [2.45, 2.75) is 0 Å². The molecular weight excluding hydrogens is 314 g/mol. The van der Waals surface area contributed by atoms with Crippen molar-refractivity contribution in [3.63, 3.8) is 0 Å². The Morgan fingerprint density at radius 1 is 0.792 bits per heavy atom. The molecule has 0 unspecified atom stereocenters. The van der Waals surface area contributed by atoms with E-state index >= 15 is 0 Å². The maximum Gasteiger partial charge on any atom is 0.257 e. The normalized spacial score (nSPS) is 11.5. The zero-order valence-electron chi connectivity index (χ0n) is 12.7. The zero-order valence-corrected chi connectivity index (χ0v) is 13.6. The van der Waals surface area contributed by atoms with Gasteiger partial charge in [0.2, 0.25) is 0 Å². The molecule has 2 heterocycles. The Labute approximate surface area is 142 Å². The van der Waals surface area contributed by atoms with Crippen LogP contribution in [0.4, 0.5) is 0 Å². The van der Waals surface area contributed by atoms with Gasteiger partial charge >= 0.3 is 0 Å². The topological polar surface area (TPSA) is 32.9 Å². The van der Waals surface area contributed by atoms with Crippen LogP contribution in [0.1, 0.15) is 0 Å². The largest absolute Gasteiger partial charge is 0.321 e. The molecule has 5 rings (SSSR count). The first-order chi connectivity index (χ1) is 11.8. The molecule has 24 heavy (non-hydrogen) atoms. The summed E-state index contributed by atoms with van der Waals surface area (Å²) in [5.74, 6) is 0. The second-order valence-corrected chi connectivity index (χ2v) is 6.76. The van der Waals surface area contributed by atoms with Gasteiger partial charge in [0.05, 0.1) is 10.9 Å². The van der Waals surface area contributed by atoms with Crippen LogP contribution in [0.5, 0.6) is 0 Å². The van der Waals surface area contributed by atoms with Crippen molar-refractivity contribution in [3.8, 4) is 11.1 Å². The van der Waals surface area contributed by atoms with Crippen molar-refractivity contribution < 1.29 is 0 Å². The molecule has 0 atom stereocenters. The van der Waals surface area contributed by atoms with Gasteiger partial charge in [-0.15, -0.1) is 11.3 Å². The van der Waals surface area contributed by atoms with E-state index in [-0.39, 0.29) is 5.56 Å². The van der Waals surface area contributed by atoms with E-state index in [1.165, 1.54) is 0 Å². The summed E-state index contributed by atoms with van der Waals surface area (Å²) in [5, 5.41) is 6.21. The number of aromatic nitrogens is 1.